The van der Waals surface area contributed by atoms with Gasteiger partial charge in [0.1, 0.15) is 0 Å². The molecule has 21 heavy (non-hydrogen) atoms. The number of sulfonamides is 2. The van der Waals surface area contributed by atoms with Crippen LogP contribution in [0.2, 0.25) is 0 Å². The Hall–Kier alpha value is -2.10. The maximum Gasteiger partial charge on any atom is 0.261 e. The third-order valence-corrected chi connectivity index (χ3v) is 4.91. The first-order valence-electron chi connectivity index (χ1n) is 5.70. The molecule has 0 fully saturated rings. The number of nitrogens with two attached hydrogens (primary N) is 2. The largest absolute Gasteiger partial charge is 0.399 e. The van der Waals surface area contributed by atoms with Gasteiger partial charge in [0, 0.05) is 11.4 Å². The van der Waals surface area contributed by atoms with Gasteiger partial charge in [-0.05, 0) is 42.5 Å². The molecule has 0 saturated carbocycles. The van der Waals surface area contributed by atoms with Crippen LogP contribution in [0.5, 0.6) is 0 Å². The van der Waals surface area contributed by atoms with Crippen LogP contribution in [0.25, 0.3) is 0 Å². The minimum atomic E-state index is -3.81. The van der Waals surface area contributed by atoms with E-state index in [1.165, 1.54) is 42.5 Å². The summed E-state index contributed by atoms with van der Waals surface area (Å²) >= 11 is 0. The Morgan fingerprint density at radius 1 is 0.857 bits per heavy atom. The van der Waals surface area contributed by atoms with E-state index in [4.69, 9.17) is 10.9 Å². The summed E-state index contributed by atoms with van der Waals surface area (Å²) in [5.74, 6) is 0. The van der Waals surface area contributed by atoms with Gasteiger partial charge in [-0.15, -0.1) is 0 Å². The number of anilines is 2. The third-order valence-electron chi connectivity index (χ3n) is 2.60. The van der Waals surface area contributed by atoms with Crippen molar-refractivity contribution in [3.63, 3.8) is 0 Å². The number of hydrogen-bond donors (Lipinski definition) is 3. The molecule has 0 heterocycles. The van der Waals surface area contributed by atoms with E-state index in [0.29, 0.717) is 5.69 Å². The molecule has 7 nitrogen and oxygen atoms in total. The van der Waals surface area contributed by atoms with E-state index in [2.05, 4.69) is 4.72 Å². The van der Waals surface area contributed by atoms with Crippen molar-refractivity contribution in [3.05, 3.63) is 48.5 Å². The zero-order valence-corrected chi connectivity index (χ0v) is 12.4. The van der Waals surface area contributed by atoms with Crippen LogP contribution in [0.1, 0.15) is 0 Å². The zero-order valence-electron chi connectivity index (χ0n) is 10.7. The van der Waals surface area contributed by atoms with Gasteiger partial charge in [0.05, 0.1) is 9.79 Å². The van der Waals surface area contributed by atoms with E-state index in [1.54, 1.807) is 6.07 Å². The van der Waals surface area contributed by atoms with Gasteiger partial charge < -0.3 is 5.73 Å². The van der Waals surface area contributed by atoms with Crippen molar-refractivity contribution in [2.45, 2.75) is 9.79 Å². The quantitative estimate of drug-likeness (QED) is 0.712. The van der Waals surface area contributed by atoms with E-state index in [-0.39, 0.29) is 15.5 Å². The van der Waals surface area contributed by atoms with Crippen LogP contribution in [-0.2, 0) is 20.0 Å². The summed E-state index contributed by atoms with van der Waals surface area (Å²) in [6.07, 6.45) is 0. The molecule has 9 heteroatoms. The third kappa shape index (κ3) is 3.72. The maximum absolute atomic E-state index is 12.1. The van der Waals surface area contributed by atoms with E-state index in [9.17, 15) is 16.8 Å². The lowest BCUT2D eigenvalue weighted by Gasteiger charge is -2.09. The van der Waals surface area contributed by atoms with Gasteiger partial charge in [-0.2, -0.15) is 0 Å². The van der Waals surface area contributed by atoms with Gasteiger partial charge in [-0.3, -0.25) is 4.72 Å². The van der Waals surface area contributed by atoms with Crippen molar-refractivity contribution in [2.75, 3.05) is 10.5 Å². The first-order valence-corrected chi connectivity index (χ1v) is 8.73. The van der Waals surface area contributed by atoms with E-state index >= 15 is 0 Å². The van der Waals surface area contributed by atoms with Gasteiger partial charge in [0.2, 0.25) is 10.0 Å². The summed E-state index contributed by atoms with van der Waals surface area (Å²) in [5.41, 5.74) is 6.08. The van der Waals surface area contributed by atoms with Gasteiger partial charge in [0.25, 0.3) is 10.0 Å². The van der Waals surface area contributed by atoms with Crippen molar-refractivity contribution in [2.24, 2.45) is 5.14 Å². The molecule has 0 spiro atoms. The lowest BCUT2D eigenvalue weighted by atomic mass is 10.3. The molecule has 0 aliphatic heterocycles. The average molecular weight is 327 g/mol. The molecule has 0 aromatic heterocycles. The number of nitrogens with one attached hydrogen (secondary N) is 1. The molecule has 2 rings (SSSR count). The van der Waals surface area contributed by atoms with Gasteiger partial charge in [-0.25, -0.2) is 22.0 Å². The highest BCUT2D eigenvalue weighted by Gasteiger charge is 2.15. The Morgan fingerprint density at radius 2 is 1.48 bits per heavy atom. The van der Waals surface area contributed by atoms with Gasteiger partial charge in [0.15, 0.2) is 0 Å². The van der Waals surface area contributed by atoms with Crippen LogP contribution in [0.4, 0.5) is 11.4 Å². The monoisotopic (exact) mass is 327 g/mol. The summed E-state index contributed by atoms with van der Waals surface area (Å²) in [7, 11) is -7.61. The Kier molecular flexibility index (Phi) is 3.90. The van der Waals surface area contributed by atoms with Crippen molar-refractivity contribution in [3.8, 4) is 0 Å². The molecular formula is C12H13N3O4S2. The Morgan fingerprint density at radius 3 is 2.00 bits per heavy atom. The van der Waals surface area contributed by atoms with Crippen LogP contribution in [-0.4, -0.2) is 16.8 Å². The molecule has 2 aromatic carbocycles. The number of primary sulfonamides is 1. The SMILES string of the molecule is Nc1cccc(S(=O)(=O)Nc2ccc(S(N)(=O)=O)cc2)c1. The number of nitrogen functional groups attached to an aromatic ring is 1. The van der Waals surface area contributed by atoms with Crippen LogP contribution in [0, 0.1) is 0 Å². The lowest BCUT2D eigenvalue weighted by Crippen LogP contribution is -2.14. The smallest absolute Gasteiger partial charge is 0.261 e. The normalized spacial score (nSPS) is 12.0. The van der Waals surface area contributed by atoms with E-state index in [1.807, 2.05) is 0 Å². The van der Waals surface area contributed by atoms with Crippen molar-refractivity contribution in [1.82, 2.24) is 0 Å². The van der Waals surface area contributed by atoms with Gasteiger partial charge in [-0.1, -0.05) is 6.07 Å². The minimum Gasteiger partial charge on any atom is -0.399 e. The Labute approximate surface area is 122 Å². The molecule has 0 radical (unpaired) electrons. The summed E-state index contributed by atoms with van der Waals surface area (Å²) in [4.78, 5) is -0.0903. The molecule has 0 aliphatic carbocycles. The average Bonchev–Trinajstić information content (AvgIpc) is 2.38. The summed E-state index contributed by atoms with van der Waals surface area (Å²) in [5, 5.41) is 4.96. The topological polar surface area (TPSA) is 132 Å². The standard InChI is InChI=1S/C12H13N3O4S2/c13-9-2-1-3-12(8-9)21(18,19)15-10-4-6-11(7-5-10)20(14,16)17/h1-8,15H,13H2,(H2,14,16,17). The predicted octanol–water partition coefficient (Wildman–Crippen LogP) is 0.717. The molecule has 112 valence electrons. The fraction of sp³-hybridized carbons (Fsp3) is 0. The van der Waals surface area contributed by atoms with Crippen LogP contribution >= 0.6 is 0 Å². The highest BCUT2D eigenvalue weighted by atomic mass is 32.2. The molecule has 0 unspecified atom stereocenters. The van der Waals surface area contributed by atoms with Crippen LogP contribution < -0.4 is 15.6 Å². The molecule has 0 aliphatic rings. The highest BCUT2D eigenvalue weighted by Crippen LogP contribution is 2.19. The predicted molar refractivity (Wildman–Crippen MR) is 79.5 cm³/mol. The fourth-order valence-electron chi connectivity index (χ4n) is 1.61. The molecule has 0 amide bonds. The first kappa shape index (κ1) is 15.3. The highest BCUT2D eigenvalue weighted by molar-refractivity contribution is 7.92. The van der Waals surface area contributed by atoms with Gasteiger partial charge >= 0.3 is 0 Å². The number of benzene rings is 2. The fourth-order valence-corrected chi connectivity index (χ4v) is 3.24. The zero-order chi connectivity index (χ0) is 15.7. The molecular weight excluding hydrogens is 314 g/mol. The van der Waals surface area contributed by atoms with E-state index < -0.39 is 20.0 Å². The molecule has 0 saturated heterocycles. The molecule has 5 N–H and O–H groups in total. The lowest BCUT2D eigenvalue weighted by molar-refractivity contribution is 0.597. The van der Waals surface area contributed by atoms with Crippen LogP contribution in [0.3, 0.4) is 0 Å². The Bertz CT molecular complexity index is 860. The second-order valence-electron chi connectivity index (χ2n) is 4.25. The van der Waals surface area contributed by atoms with Crippen molar-refractivity contribution in [1.29, 1.82) is 0 Å². The molecule has 0 atom stereocenters. The van der Waals surface area contributed by atoms with Crippen LogP contribution in [0.15, 0.2) is 58.3 Å². The Balaban J connectivity index is 2.29. The molecule has 0 bridgehead atoms. The number of hydrogen-bond acceptors (Lipinski definition) is 5. The summed E-state index contributed by atoms with van der Waals surface area (Å²) in [6.45, 7) is 0. The minimum absolute atomic E-state index is 0.0121. The van der Waals surface area contributed by atoms with E-state index in [0.717, 1.165) is 0 Å². The maximum atomic E-state index is 12.1. The summed E-state index contributed by atoms with van der Waals surface area (Å²) < 4.78 is 48.8. The summed E-state index contributed by atoms with van der Waals surface area (Å²) in [6, 6.07) is 10.9. The first-order chi connectivity index (χ1) is 9.68. The van der Waals surface area contributed by atoms with Crippen molar-refractivity contribution < 1.29 is 16.8 Å². The molecule has 2 aromatic rings. The number of rotatable bonds is 4. The van der Waals surface area contributed by atoms with Crippen molar-refractivity contribution >= 4 is 31.4 Å². The second kappa shape index (κ2) is 5.35. The second-order valence-corrected chi connectivity index (χ2v) is 7.49.